The molecule has 1 amide bonds. The van der Waals surface area contributed by atoms with Gasteiger partial charge in [0, 0.05) is 64.4 Å². The van der Waals surface area contributed by atoms with E-state index in [0.717, 1.165) is 36.6 Å². The summed E-state index contributed by atoms with van der Waals surface area (Å²) in [5, 5.41) is 6.30. The van der Waals surface area contributed by atoms with Crippen molar-refractivity contribution in [3.63, 3.8) is 0 Å². The van der Waals surface area contributed by atoms with E-state index in [1.54, 1.807) is 12.4 Å². The second kappa shape index (κ2) is 8.77. The highest BCUT2D eigenvalue weighted by Crippen LogP contribution is 2.18. The van der Waals surface area contributed by atoms with Crippen molar-refractivity contribution in [3.8, 4) is 0 Å². The van der Waals surface area contributed by atoms with Gasteiger partial charge in [0.25, 0.3) is 0 Å². The molecule has 0 aromatic carbocycles. The molecule has 1 saturated heterocycles. The smallest absolute Gasteiger partial charge is 0.239 e. The summed E-state index contributed by atoms with van der Waals surface area (Å²) in [5.41, 5.74) is 2.03. The Bertz CT molecular complexity index is 766. The predicted octanol–water partition coefficient (Wildman–Crippen LogP) is 0.595. The third kappa shape index (κ3) is 4.91. The number of carbonyl (C=O) groups excluding carboxylic acids is 1. The lowest BCUT2D eigenvalue weighted by atomic mass is 10.1. The molecule has 1 atom stereocenters. The Morgan fingerprint density at radius 2 is 2.11 bits per heavy atom. The molecule has 144 valence electrons. The maximum absolute atomic E-state index is 12.6. The molecule has 8 heteroatoms. The fourth-order valence-electron chi connectivity index (χ4n) is 2.96. The van der Waals surface area contributed by atoms with E-state index in [-0.39, 0.29) is 11.9 Å². The maximum atomic E-state index is 12.6. The number of rotatable bonds is 6. The highest BCUT2D eigenvalue weighted by atomic mass is 16.2. The lowest BCUT2D eigenvalue weighted by molar-refractivity contribution is -0.123. The standard InChI is InChI=1S/C19H27N7O/c1-4-15-11-17(24-19(23-15)25(2)3)26-10-9-21-16(13-26)18(27)22-12-14-5-7-20-8-6-14/h5-8,11,16,21H,4,9-10,12-13H2,1-3H3,(H,22,27). The van der Waals surface area contributed by atoms with Crippen LogP contribution in [0.15, 0.2) is 30.6 Å². The van der Waals surface area contributed by atoms with Crippen molar-refractivity contribution in [2.75, 3.05) is 43.5 Å². The molecule has 3 rings (SSSR count). The number of aryl methyl sites for hydroxylation is 1. The average Bonchev–Trinajstić information content (AvgIpc) is 2.72. The van der Waals surface area contributed by atoms with Crippen molar-refractivity contribution < 1.29 is 4.79 Å². The van der Waals surface area contributed by atoms with E-state index in [9.17, 15) is 4.79 Å². The van der Waals surface area contributed by atoms with Crippen LogP contribution < -0.4 is 20.4 Å². The second-order valence-electron chi connectivity index (χ2n) is 6.79. The van der Waals surface area contributed by atoms with E-state index in [0.29, 0.717) is 19.0 Å². The van der Waals surface area contributed by atoms with E-state index < -0.39 is 0 Å². The summed E-state index contributed by atoms with van der Waals surface area (Å²) in [6, 6.07) is 5.54. The molecule has 1 fully saturated rings. The lowest BCUT2D eigenvalue weighted by Crippen LogP contribution is -2.57. The van der Waals surface area contributed by atoms with Crippen molar-refractivity contribution in [1.82, 2.24) is 25.6 Å². The van der Waals surface area contributed by atoms with Crippen molar-refractivity contribution in [1.29, 1.82) is 0 Å². The topological polar surface area (TPSA) is 86.3 Å². The zero-order chi connectivity index (χ0) is 19.2. The Balaban J connectivity index is 1.67. The first-order valence-corrected chi connectivity index (χ1v) is 9.27. The van der Waals surface area contributed by atoms with Crippen LogP contribution >= 0.6 is 0 Å². The Hall–Kier alpha value is -2.74. The molecule has 2 aromatic rings. The number of nitrogens with one attached hydrogen (secondary N) is 2. The Labute approximate surface area is 160 Å². The molecule has 27 heavy (non-hydrogen) atoms. The van der Waals surface area contributed by atoms with Crippen LogP contribution in [0.25, 0.3) is 0 Å². The molecular formula is C19H27N7O. The van der Waals surface area contributed by atoms with Crippen LogP contribution in [0.4, 0.5) is 11.8 Å². The summed E-state index contributed by atoms with van der Waals surface area (Å²) in [7, 11) is 3.87. The van der Waals surface area contributed by atoms with E-state index in [1.807, 2.05) is 37.2 Å². The summed E-state index contributed by atoms with van der Waals surface area (Å²) in [4.78, 5) is 29.9. The molecule has 2 N–H and O–H groups in total. The quantitative estimate of drug-likeness (QED) is 0.771. The molecule has 0 aliphatic carbocycles. The number of aromatic nitrogens is 3. The molecular weight excluding hydrogens is 342 g/mol. The molecule has 3 heterocycles. The number of piperazine rings is 1. The first-order valence-electron chi connectivity index (χ1n) is 9.27. The third-order valence-electron chi connectivity index (χ3n) is 4.55. The van der Waals surface area contributed by atoms with Gasteiger partial charge in [0.2, 0.25) is 11.9 Å². The van der Waals surface area contributed by atoms with Crippen molar-refractivity contribution in [3.05, 3.63) is 41.9 Å². The van der Waals surface area contributed by atoms with Gasteiger partial charge in [0.15, 0.2) is 0 Å². The summed E-state index contributed by atoms with van der Waals surface area (Å²) < 4.78 is 0. The molecule has 0 radical (unpaired) electrons. The average molecular weight is 369 g/mol. The Kier molecular flexibility index (Phi) is 6.18. The first kappa shape index (κ1) is 19.0. The van der Waals surface area contributed by atoms with Gasteiger partial charge in [-0.25, -0.2) is 4.98 Å². The van der Waals surface area contributed by atoms with Gasteiger partial charge in [-0.1, -0.05) is 6.92 Å². The molecule has 0 bridgehead atoms. The molecule has 8 nitrogen and oxygen atoms in total. The van der Waals surface area contributed by atoms with E-state index in [1.165, 1.54) is 0 Å². The van der Waals surface area contributed by atoms with Gasteiger partial charge in [0.05, 0.1) is 0 Å². The predicted molar refractivity (Wildman–Crippen MR) is 106 cm³/mol. The van der Waals surface area contributed by atoms with Crippen molar-refractivity contribution in [2.24, 2.45) is 0 Å². The summed E-state index contributed by atoms with van der Waals surface area (Å²) in [6.07, 6.45) is 4.30. The maximum Gasteiger partial charge on any atom is 0.239 e. The SMILES string of the molecule is CCc1cc(N2CCNC(C(=O)NCc3ccncc3)C2)nc(N(C)C)n1. The van der Waals surface area contributed by atoms with Crippen LogP contribution in [0.3, 0.4) is 0 Å². The minimum absolute atomic E-state index is 0.00545. The van der Waals surface area contributed by atoms with Gasteiger partial charge >= 0.3 is 0 Å². The summed E-state index contributed by atoms with van der Waals surface area (Å²) in [5.74, 6) is 1.56. The van der Waals surface area contributed by atoms with Crippen molar-refractivity contribution >= 4 is 17.7 Å². The van der Waals surface area contributed by atoms with E-state index >= 15 is 0 Å². The number of nitrogens with zero attached hydrogens (tertiary/aromatic N) is 5. The van der Waals surface area contributed by atoms with Gasteiger partial charge < -0.3 is 20.4 Å². The Morgan fingerprint density at radius 1 is 1.33 bits per heavy atom. The van der Waals surface area contributed by atoms with E-state index in [4.69, 9.17) is 0 Å². The van der Waals surface area contributed by atoms with Gasteiger partial charge in [-0.05, 0) is 24.1 Å². The van der Waals surface area contributed by atoms with Gasteiger partial charge in [-0.15, -0.1) is 0 Å². The summed E-state index contributed by atoms with van der Waals surface area (Å²) >= 11 is 0. The fraction of sp³-hybridized carbons (Fsp3) is 0.474. The monoisotopic (exact) mass is 369 g/mol. The molecule has 1 aliphatic rings. The van der Waals surface area contributed by atoms with Crippen LogP contribution in [-0.2, 0) is 17.8 Å². The molecule has 0 saturated carbocycles. The number of pyridine rings is 1. The number of hydrogen-bond acceptors (Lipinski definition) is 7. The van der Waals surface area contributed by atoms with Crippen molar-refractivity contribution in [2.45, 2.75) is 25.9 Å². The normalized spacial score (nSPS) is 16.9. The zero-order valence-electron chi connectivity index (χ0n) is 16.1. The minimum Gasteiger partial charge on any atom is -0.353 e. The number of amides is 1. The number of hydrogen-bond donors (Lipinski definition) is 2. The molecule has 1 unspecified atom stereocenters. The van der Waals surface area contributed by atoms with Crippen LogP contribution in [0.2, 0.25) is 0 Å². The van der Waals surface area contributed by atoms with Gasteiger partial charge in [-0.2, -0.15) is 4.98 Å². The fourth-order valence-corrected chi connectivity index (χ4v) is 2.96. The highest BCUT2D eigenvalue weighted by molar-refractivity contribution is 5.82. The third-order valence-corrected chi connectivity index (χ3v) is 4.55. The molecule has 0 spiro atoms. The van der Waals surface area contributed by atoms with E-state index in [2.05, 4.69) is 37.4 Å². The van der Waals surface area contributed by atoms with Crippen LogP contribution in [0.5, 0.6) is 0 Å². The van der Waals surface area contributed by atoms with Gasteiger partial charge in [-0.3, -0.25) is 9.78 Å². The molecule has 1 aliphatic heterocycles. The van der Waals surface area contributed by atoms with Crippen LogP contribution in [0.1, 0.15) is 18.2 Å². The largest absolute Gasteiger partial charge is 0.353 e. The van der Waals surface area contributed by atoms with Gasteiger partial charge in [0.1, 0.15) is 11.9 Å². The second-order valence-corrected chi connectivity index (χ2v) is 6.79. The Morgan fingerprint density at radius 3 is 2.81 bits per heavy atom. The highest BCUT2D eigenvalue weighted by Gasteiger charge is 2.26. The molecule has 2 aromatic heterocycles. The summed E-state index contributed by atoms with van der Waals surface area (Å²) in [6.45, 7) is 4.70. The number of anilines is 2. The minimum atomic E-state index is -0.275. The van der Waals surface area contributed by atoms with Crippen LogP contribution in [-0.4, -0.2) is 60.6 Å². The lowest BCUT2D eigenvalue weighted by Gasteiger charge is -2.34. The zero-order valence-corrected chi connectivity index (χ0v) is 16.1. The number of carbonyl (C=O) groups is 1. The van der Waals surface area contributed by atoms with Crippen LogP contribution in [0, 0.1) is 0 Å². The first-order chi connectivity index (χ1) is 13.1.